The van der Waals surface area contributed by atoms with E-state index in [4.69, 9.17) is 4.42 Å². The summed E-state index contributed by atoms with van der Waals surface area (Å²) in [5.41, 5.74) is 1.65. The van der Waals surface area contributed by atoms with Gasteiger partial charge in [-0.3, -0.25) is 4.98 Å². The topological polar surface area (TPSA) is 26.0 Å². The van der Waals surface area contributed by atoms with Crippen LogP contribution in [0.25, 0.3) is 22.3 Å². The van der Waals surface area contributed by atoms with Gasteiger partial charge in [0.25, 0.3) is 0 Å². The van der Waals surface area contributed by atoms with Crippen molar-refractivity contribution in [2.24, 2.45) is 0 Å². The molecule has 2 heterocycles. The second-order valence-electron chi connectivity index (χ2n) is 3.53. The van der Waals surface area contributed by atoms with Crippen LogP contribution in [0.5, 0.6) is 0 Å². The Hall–Kier alpha value is -2.16. The number of fused-ring (bicyclic) bond motifs is 1. The number of halogens is 1. The van der Waals surface area contributed by atoms with Crippen molar-refractivity contribution >= 4 is 11.0 Å². The van der Waals surface area contributed by atoms with Gasteiger partial charge in [0.15, 0.2) is 0 Å². The molecule has 0 spiro atoms. The van der Waals surface area contributed by atoms with Gasteiger partial charge in [-0.05, 0) is 36.4 Å². The second-order valence-corrected chi connectivity index (χ2v) is 3.53. The summed E-state index contributed by atoms with van der Waals surface area (Å²) < 4.78 is 18.4. The predicted molar refractivity (Wildman–Crippen MR) is 59.4 cm³/mol. The van der Waals surface area contributed by atoms with Gasteiger partial charge >= 0.3 is 0 Å². The summed E-state index contributed by atoms with van der Waals surface area (Å²) in [5.74, 6) is 0.476. The third kappa shape index (κ3) is 1.46. The van der Waals surface area contributed by atoms with Crippen molar-refractivity contribution in [2.75, 3.05) is 0 Å². The first-order chi connectivity index (χ1) is 7.83. The third-order valence-electron chi connectivity index (χ3n) is 2.45. The first-order valence-electron chi connectivity index (χ1n) is 4.92. The highest BCUT2D eigenvalue weighted by Crippen LogP contribution is 2.26. The highest BCUT2D eigenvalue weighted by molar-refractivity contribution is 5.81. The fourth-order valence-electron chi connectivity index (χ4n) is 1.64. The normalized spacial score (nSPS) is 10.8. The predicted octanol–water partition coefficient (Wildman–Crippen LogP) is 3.63. The van der Waals surface area contributed by atoms with Gasteiger partial charge in [-0.25, -0.2) is 4.39 Å². The van der Waals surface area contributed by atoms with Gasteiger partial charge in [-0.2, -0.15) is 0 Å². The molecule has 1 aromatic carbocycles. The molecule has 0 amide bonds. The minimum atomic E-state index is -0.249. The molecular weight excluding hydrogens is 205 g/mol. The van der Waals surface area contributed by atoms with E-state index in [0.29, 0.717) is 0 Å². The maximum atomic E-state index is 12.8. The van der Waals surface area contributed by atoms with Crippen molar-refractivity contribution in [3.05, 3.63) is 54.6 Å². The molecular formula is C13H8FNO. The molecule has 16 heavy (non-hydrogen) atoms. The van der Waals surface area contributed by atoms with E-state index in [9.17, 15) is 4.39 Å². The van der Waals surface area contributed by atoms with Crippen LogP contribution in [0.4, 0.5) is 4.39 Å². The quantitative estimate of drug-likeness (QED) is 0.616. The van der Waals surface area contributed by atoms with Crippen molar-refractivity contribution in [3.8, 4) is 11.3 Å². The molecule has 0 radical (unpaired) electrons. The Bertz CT molecular complexity index is 595. The summed E-state index contributed by atoms with van der Waals surface area (Å²) in [6.07, 6.45) is 3.42. The van der Waals surface area contributed by atoms with Crippen molar-refractivity contribution in [1.29, 1.82) is 0 Å². The number of benzene rings is 1. The first kappa shape index (κ1) is 9.09. The Kier molecular flexibility index (Phi) is 1.96. The molecule has 0 fully saturated rings. The van der Waals surface area contributed by atoms with Gasteiger partial charge < -0.3 is 4.42 Å². The summed E-state index contributed by atoms with van der Waals surface area (Å²) in [7, 11) is 0. The van der Waals surface area contributed by atoms with Crippen LogP contribution in [0, 0.1) is 5.82 Å². The van der Waals surface area contributed by atoms with Gasteiger partial charge in [-0.1, -0.05) is 0 Å². The fourth-order valence-corrected chi connectivity index (χ4v) is 1.64. The Morgan fingerprint density at radius 1 is 1.06 bits per heavy atom. The molecule has 2 aromatic heterocycles. The molecule has 3 rings (SSSR count). The van der Waals surface area contributed by atoms with Crippen LogP contribution in [0.2, 0.25) is 0 Å². The van der Waals surface area contributed by atoms with E-state index in [1.807, 2.05) is 12.1 Å². The number of hydrogen-bond donors (Lipinski definition) is 0. The van der Waals surface area contributed by atoms with Gasteiger partial charge in [-0.15, -0.1) is 0 Å². The smallest absolute Gasteiger partial charge is 0.137 e. The maximum Gasteiger partial charge on any atom is 0.137 e. The van der Waals surface area contributed by atoms with Gasteiger partial charge in [0.1, 0.15) is 17.2 Å². The Labute approximate surface area is 91.3 Å². The van der Waals surface area contributed by atoms with E-state index in [2.05, 4.69) is 4.98 Å². The number of aromatic nitrogens is 1. The Morgan fingerprint density at radius 2 is 1.88 bits per heavy atom. The molecule has 0 saturated carbocycles. The lowest BCUT2D eigenvalue weighted by Gasteiger charge is -1.94. The average Bonchev–Trinajstić information content (AvgIpc) is 2.73. The summed E-state index contributed by atoms with van der Waals surface area (Å²) in [5, 5.41) is 0.946. The van der Waals surface area contributed by atoms with E-state index in [1.54, 1.807) is 24.5 Å². The molecule has 78 valence electrons. The Morgan fingerprint density at radius 3 is 2.62 bits per heavy atom. The average molecular weight is 213 g/mol. The molecule has 0 N–H and O–H groups in total. The minimum Gasteiger partial charge on any atom is -0.456 e. The molecule has 0 unspecified atom stereocenters. The zero-order valence-corrected chi connectivity index (χ0v) is 8.35. The number of nitrogens with zero attached hydrogens (tertiary/aromatic N) is 1. The number of hydrogen-bond acceptors (Lipinski definition) is 2. The fraction of sp³-hybridized carbons (Fsp3) is 0. The van der Waals surface area contributed by atoms with Crippen LogP contribution in [0.3, 0.4) is 0 Å². The molecule has 0 aliphatic heterocycles. The van der Waals surface area contributed by atoms with Crippen LogP contribution >= 0.6 is 0 Å². The van der Waals surface area contributed by atoms with Gasteiger partial charge in [0.2, 0.25) is 0 Å². The van der Waals surface area contributed by atoms with E-state index < -0.39 is 0 Å². The lowest BCUT2D eigenvalue weighted by Crippen LogP contribution is -1.74. The number of furan rings is 1. The summed E-state index contributed by atoms with van der Waals surface area (Å²) in [4.78, 5) is 4.01. The third-order valence-corrected chi connectivity index (χ3v) is 2.45. The molecule has 3 heteroatoms. The van der Waals surface area contributed by atoms with Crippen molar-refractivity contribution in [3.63, 3.8) is 0 Å². The zero-order valence-electron chi connectivity index (χ0n) is 8.35. The van der Waals surface area contributed by atoms with E-state index in [1.165, 1.54) is 12.1 Å². The van der Waals surface area contributed by atoms with Gasteiger partial charge in [0.05, 0.1) is 0 Å². The molecule has 2 nitrogen and oxygen atoms in total. The lowest BCUT2D eigenvalue weighted by atomic mass is 10.1. The van der Waals surface area contributed by atoms with E-state index >= 15 is 0 Å². The Balaban J connectivity index is 2.15. The summed E-state index contributed by atoms with van der Waals surface area (Å²) in [6.45, 7) is 0. The van der Waals surface area contributed by atoms with E-state index in [-0.39, 0.29) is 5.82 Å². The monoisotopic (exact) mass is 213 g/mol. The van der Waals surface area contributed by atoms with Crippen LogP contribution < -0.4 is 0 Å². The van der Waals surface area contributed by atoms with Crippen molar-refractivity contribution in [2.45, 2.75) is 0 Å². The summed E-state index contributed by atoms with van der Waals surface area (Å²) in [6, 6.07) is 9.93. The van der Waals surface area contributed by atoms with Crippen molar-refractivity contribution in [1.82, 2.24) is 4.98 Å². The number of pyridine rings is 1. The molecule has 3 aromatic rings. The highest BCUT2D eigenvalue weighted by atomic mass is 19.1. The first-order valence-corrected chi connectivity index (χ1v) is 4.92. The number of rotatable bonds is 1. The van der Waals surface area contributed by atoms with Crippen LogP contribution in [-0.4, -0.2) is 4.98 Å². The molecule has 0 aliphatic rings. The lowest BCUT2D eigenvalue weighted by molar-refractivity contribution is 0.623. The van der Waals surface area contributed by atoms with Crippen LogP contribution in [0.1, 0.15) is 0 Å². The minimum absolute atomic E-state index is 0.249. The zero-order chi connectivity index (χ0) is 11.0. The molecule has 0 aliphatic carbocycles. The van der Waals surface area contributed by atoms with Crippen LogP contribution in [0.15, 0.2) is 53.2 Å². The largest absolute Gasteiger partial charge is 0.456 e. The second kappa shape index (κ2) is 3.45. The van der Waals surface area contributed by atoms with Gasteiger partial charge in [0, 0.05) is 23.3 Å². The molecule has 0 bridgehead atoms. The van der Waals surface area contributed by atoms with E-state index in [0.717, 1.165) is 22.3 Å². The standard InChI is InChI=1S/C13H8FNO/c14-11-3-1-9(2-4-11)13-7-10-8-15-6-5-12(10)16-13/h1-8H. The highest BCUT2D eigenvalue weighted by Gasteiger charge is 2.05. The van der Waals surface area contributed by atoms with Crippen LogP contribution in [-0.2, 0) is 0 Å². The molecule has 0 atom stereocenters. The van der Waals surface area contributed by atoms with Crippen molar-refractivity contribution < 1.29 is 8.81 Å². The summed E-state index contributed by atoms with van der Waals surface area (Å²) >= 11 is 0. The maximum absolute atomic E-state index is 12.8. The SMILES string of the molecule is Fc1ccc(-c2cc3cnccc3o2)cc1. The molecule has 0 saturated heterocycles.